The molecule has 1 saturated heterocycles. The van der Waals surface area contributed by atoms with Crippen molar-refractivity contribution in [3.8, 4) is 5.69 Å². The molecule has 3 N–H and O–H groups in total. The summed E-state index contributed by atoms with van der Waals surface area (Å²) in [5.74, 6) is -1.10. The molecule has 44 heavy (non-hydrogen) atoms. The number of nitrogens with one attached hydrogen (secondary N) is 3. The summed E-state index contributed by atoms with van der Waals surface area (Å²) >= 11 is 1.23. The van der Waals surface area contributed by atoms with Gasteiger partial charge < -0.3 is 25.3 Å². The fraction of sp³-hybridized carbons (Fsp3) is 0.333. The zero-order chi connectivity index (χ0) is 31.3. The van der Waals surface area contributed by atoms with Crippen molar-refractivity contribution >= 4 is 39.7 Å². The van der Waals surface area contributed by atoms with Crippen molar-refractivity contribution < 1.29 is 27.5 Å². The van der Waals surface area contributed by atoms with Gasteiger partial charge in [-0.05, 0) is 62.7 Å². The SMILES string of the molecule is Cc1cn(-c2cc(C(=O)Nc3ccc(C)c(NC(=O)c4cnc(NCCCN5CCOCC5)s4)c3)cc(C(F)(F)F)c2)cn1. The first-order valence-electron chi connectivity index (χ1n) is 14.0. The lowest BCUT2D eigenvalue weighted by Crippen LogP contribution is -2.37. The predicted octanol–water partition coefficient (Wildman–Crippen LogP) is 5.60. The van der Waals surface area contributed by atoms with Crippen LogP contribution in [0.5, 0.6) is 0 Å². The Morgan fingerprint density at radius 2 is 1.82 bits per heavy atom. The van der Waals surface area contributed by atoms with Crippen LogP contribution < -0.4 is 16.0 Å². The third kappa shape index (κ3) is 8.01. The van der Waals surface area contributed by atoms with E-state index in [9.17, 15) is 22.8 Å². The van der Waals surface area contributed by atoms with Crippen molar-refractivity contribution in [2.45, 2.75) is 26.4 Å². The maximum Gasteiger partial charge on any atom is 0.416 e. The monoisotopic (exact) mass is 627 g/mol. The first-order valence-corrected chi connectivity index (χ1v) is 14.8. The van der Waals surface area contributed by atoms with E-state index in [0.717, 1.165) is 63.5 Å². The van der Waals surface area contributed by atoms with Gasteiger partial charge in [0.25, 0.3) is 11.8 Å². The van der Waals surface area contributed by atoms with E-state index in [4.69, 9.17) is 4.74 Å². The van der Waals surface area contributed by atoms with Crippen molar-refractivity contribution in [3.63, 3.8) is 0 Å². The van der Waals surface area contributed by atoms with E-state index in [1.54, 1.807) is 38.2 Å². The molecular weight excluding hydrogens is 595 g/mol. The Kier molecular flexibility index (Phi) is 9.61. The predicted molar refractivity (Wildman–Crippen MR) is 163 cm³/mol. The minimum Gasteiger partial charge on any atom is -0.379 e. The number of rotatable bonds is 10. The van der Waals surface area contributed by atoms with Crippen molar-refractivity contribution in [2.24, 2.45) is 0 Å². The summed E-state index contributed by atoms with van der Waals surface area (Å²) in [5.41, 5.74) is 1.12. The van der Waals surface area contributed by atoms with Gasteiger partial charge in [0, 0.05) is 48.5 Å². The normalized spacial score (nSPS) is 13.9. The van der Waals surface area contributed by atoms with E-state index >= 15 is 0 Å². The maximum atomic E-state index is 13.7. The fourth-order valence-electron chi connectivity index (χ4n) is 4.62. The Labute approximate surface area is 256 Å². The fourth-order valence-corrected chi connectivity index (χ4v) is 5.36. The van der Waals surface area contributed by atoms with Crippen molar-refractivity contribution in [3.05, 3.63) is 82.4 Å². The van der Waals surface area contributed by atoms with E-state index in [2.05, 4.69) is 30.8 Å². The van der Waals surface area contributed by atoms with Gasteiger partial charge >= 0.3 is 6.18 Å². The lowest BCUT2D eigenvalue weighted by molar-refractivity contribution is -0.137. The standard InChI is InChI=1S/C30H32F3N7O3S/c1-19-4-5-23(37-27(41)21-12-22(30(31,32)33)14-24(13-21)40-17-20(2)36-18-40)15-25(19)38-28(42)26-16-35-29(44-26)34-6-3-7-39-8-10-43-11-9-39/h4-5,12-18H,3,6-11H2,1-2H3,(H,34,35)(H,37,41)(H,38,42). The average molecular weight is 628 g/mol. The topological polar surface area (TPSA) is 113 Å². The Morgan fingerprint density at radius 3 is 2.55 bits per heavy atom. The van der Waals surface area contributed by atoms with E-state index in [-0.39, 0.29) is 17.2 Å². The molecule has 2 amide bonds. The molecule has 0 aliphatic carbocycles. The number of halogens is 3. The number of amides is 2. The smallest absolute Gasteiger partial charge is 0.379 e. The molecule has 2 aromatic heterocycles. The number of anilines is 3. The third-order valence-corrected chi connectivity index (χ3v) is 7.98. The molecule has 0 saturated carbocycles. The number of hydrogen-bond acceptors (Lipinski definition) is 8. The summed E-state index contributed by atoms with van der Waals surface area (Å²) < 4.78 is 47.8. The highest BCUT2D eigenvalue weighted by atomic mass is 32.1. The van der Waals surface area contributed by atoms with Crippen molar-refractivity contribution in [1.29, 1.82) is 0 Å². The van der Waals surface area contributed by atoms with Crippen LogP contribution in [0.25, 0.3) is 5.69 Å². The molecule has 5 rings (SSSR count). The quantitative estimate of drug-likeness (QED) is 0.196. The van der Waals surface area contributed by atoms with Gasteiger partial charge in [0.05, 0.1) is 37.0 Å². The van der Waals surface area contributed by atoms with Gasteiger partial charge in [0.15, 0.2) is 5.13 Å². The molecule has 0 bridgehead atoms. The Balaban J connectivity index is 1.23. The molecule has 14 heteroatoms. The molecule has 2 aromatic carbocycles. The number of ether oxygens (including phenoxy) is 1. The Morgan fingerprint density at radius 1 is 1.02 bits per heavy atom. The number of aryl methyl sites for hydroxylation is 2. The molecular formula is C30H32F3N7O3S. The summed E-state index contributed by atoms with van der Waals surface area (Å²) in [6, 6.07) is 8.00. The van der Waals surface area contributed by atoms with Gasteiger partial charge in [-0.1, -0.05) is 17.4 Å². The van der Waals surface area contributed by atoms with Crippen LogP contribution in [0.15, 0.2) is 55.1 Å². The van der Waals surface area contributed by atoms with Gasteiger partial charge in [-0.2, -0.15) is 13.2 Å². The maximum absolute atomic E-state index is 13.7. The summed E-state index contributed by atoms with van der Waals surface area (Å²) in [4.78, 5) is 37.2. The molecule has 0 radical (unpaired) electrons. The minimum atomic E-state index is -4.66. The van der Waals surface area contributed by atoms with Crippen LogP contribution in [0.1, 0.15) is 43.3 Å². The number of nitrogens with zero attached hydrogens (tertiary/aromatic N) is 4. The lowest BCUT2D eigenvalue weighted by Gasteiger charge is -2.26. The molecule has 1 fully saturated rings. The van der Waals surface area contributed by atoms with Crippen LogP contribution >= 0.6 is 11.3 Å². The molecule has 3 heterocycles. The number of thiazole rings is 1. The lowest BCUT2D eigenvalue weighted by atomic mass is 10.1. The van der Waals surface area contributed by atoms with E-state index < -0.39 is 17.6 Å². The van der Waals surface area contributed by atoms with Crippen molar-refractivity contribution in [2.75, 3.05) is 55.3 Å². The Bertz CT molecular complexity index is 1630. The number of alkyl halides is 3. The average Bonchev–Trinajstić information content (AvgIpc) is 3.66. The zero-order valence-corrected chi connectivity index (χ0v) is 25.0. The molecule has 10 nitrogen and oxygen atoms in total. The highest BCUT2D eigenvalue weighted by Crippen LogP contribution is 2.32. The van der Waals surface area contributed by atoms with E-state index in [0.29, 0.717) is 27.1 Å². The number of imidazole rings is 1. The van der Waals surface area contributed by atoms with Gasteiger partial charge in [-0.15, -0.1) is 0 Å². The third-order valence-electron chi connectivity index (χ3n) is 7.02. The number of morpholine rings is 1. The molecule has 0 atom stereocenters. The molecule has 1 aliphatic rings. The van der Waals surface area contributed by atoms with Gasteiger partial charge in [0.2, 0.25) is 0 Å². The minimum absolute atomic E-state index is 0.151. The second-order valence-corrected chi connectivity index (χ2v) is 11.4. The summed E-state index contributed by atoms with van der Waals surface area (Å²) in [7, 11) is 0. The van der Waals surface area contributed by atoms with E-state index in [1.807, 2.05) is 0 Å². The molecule has 1 aliphatic heterocycles. The number of carbonyl (C=O) groups is 2. The molecule has 0 spiro atoms. The van der Waals surface area contributed by atoms with Crippen LogP contribution in [0.2, 0.25) is 0 Å². The van der Waals surface area contributed by atoms with Crippen LogP contribution in [0, 0.1) is 13.8 Å². The molecule has 0 unspecified atom stereocenters. The summed E-state index contributed by atoms with van der Waals surface area (Å²) in [5, 5.41) is 9.38. The number of benzene rings is 2. The van der Waals surface area contributed by atoms with E-state index in [1.165, 1.54) is 34.5 Å². The van der Waals surface area contributed by atoms with Gasteiger partial charge in [-0.25, -0.2) is 9.97 Å². The highest BCUT2D eigenvalue weighted by molar-refractivity contribution is 7.17. The molecule has 232 valence electrons. The number of carbonyl (C=O) groups excluding carboxylic acids is 2. The van der Waals surface area contributed by atoms with Crippen LogP contribution in [0.4, 0.5) is 29.7 Å². The van der Waals surface area contributed by atoms with Gasteiger partial charge in [0.1, 0.15) is 4.88 Å². The summed E-state index contributed by atoms with van der Waals surface area (Å²) in [6.45, 7) is 8.58. The number of aromatic nitrogens is 3. The highest BCUT2D eigenvalue weighted by Gasteiger charge is 2.32. The number of hydrogen-bond donors (Lipinski definition) is 3. The molecule has 4 aromatic rings. The zero-order valence-electron chi connectivity index (χ0n) is 24.2. The van der Waals surface area contributed by atoms with Crippen molar-refractivity contribution in [1.82, 2.24) is 19.4 Å². The van der Waals surface area contributed by atoms with Crippen LogP contribution in [0.3, 0.4) is 0 Å². The summed E-state index contributed by atoms with van der Waals surface area (Å²) in [6.07, 6.45) is 0.732. The van der Waals surface area contributed by atoms with Crippen LogP contribution in [-0.4, -0.2) is 70.6 Å². The first-order chi connectivity index (χ1) is 21.0. The van der Waals surface area contributed by atoms with Crippen LogP contribution in [-0.2, 0) is 10.9 Å². The Hall–Kier alpha value is -4.27. The largest absolute Gasteiger partial charge is 0.416 e. The second kappa shape index (κ2) is 13.6. The van der Waals surface area contributed by atoms with Gasteiger partial charge in [-0.3, -0.25) is 14.5 Å². The first kappa shape index (κ1) is 31.2. The second-order valence-electron chi connectivity index (χ2n) is 10.4.